The van der Waals surface area contributed by atoms with Gasteiger partial charge < -0.3 is 14.8 Å². The molecule has 0 bridgehead atoms. The van der Waals surface area contributed by atoms with Crippen LogP contribution in [0.1, 0.15) is 12.5 Å². The van der Waals surface area contributed by atoms with E-state index >= 15 is 0 Å². The van der Waals surface area contributed by atoms with E-state index in [2.05, 4.69) is 5.32 Å². The summed E-state index contributed by atoms with van der Waals surface area (Å²) < 4.78 is 10.7. The quantitative estimate of drug-likeness (QED) is 0.577. The molecule has 3 aromatic rings. The Morgan fingerprint density at radius 3 is 2.06 bits per heavy atom. The van der Waals surface area contributed by atoms with E-state index in [1.165, 1.54) is 4.90 Å². The minimum absolute atomic E-state index is 0.232. The summed E-state index contributed by atoms with van der Waals surface area (Å²) in [4.78, 5) is 27.9. The molecular weight excluding hydrogens is 392 g/mol. The zero-order valence-electron chi connectivity index (χ0n) is 17.3. The topological polar surface area (TPSA) is 67.9 Å². The van der Waals surface area contributed by atoms with Crippen LogP contribution in [0.25, 0.3) is 5.57 Å². The monoisotopic (exact) mass is 414 g/mol. The van der Waals surface area contributed by atoms with Gasteiger partial charge in [-0.3, -0.25) is 9.59 Å². The summed E-state index contributed by atoms with van der Waals surface area (Å²) in [6.07, 6.45) is 0. The highest BCUT2D eigenvalue weighted by Crippen LogP contribution is 2.34. The summed E-state index contributed by atoms with van der Waals surface area (Å²) in [6, 6.07) is 23.3. The van der Waals surface area contributed by atoms with Crippen LogP contribution in [0.5, 0.6) is 11.5 Å². The molecule has 2 amide bonds. The molecule has 1 aliphatic heterocycles. The second-order valence-electron chi connectivity index (χ2n) is 6.84. The highest BCUT2D eigenvalue weighted by atomic mass is 16.5. The summed E-state index contributed by atoms with van der Waals surface area (Å²) in [7, 11) is 1.59. The number of hydrogen-bond acceptors (Lipinski definition) is 5. The third-order valence-corrected chi connectivity index (χ3v) is 4.91. The number of nitrogens with zero attached hydrogens (tertiary/aromatic N) is 1. The molecule has 6 heteroatoms. The van der Waals surface area contributed by atoms with Crippen molar-refractivity contribution in [1.82, 2.24) is 0 Å². The largest absolute Gasteiger partial charge is 0.497 e. The summed E-state index contributed by atoms with van der Waals surface area (Å²) >= 11 is 0. The van der Waals surface area contributed by atoms with E-state index in [0.717, 1.165) is 0 Å². The minimum atomic E-state index is -0.413. The van der Waals surface area contributed by atoms with Gasteiger partial charge in [-0.25, -0.2) is 4.90 Å². The van der Waals surface area contributed by atoms with Crippen LogP contribution in [0.2, 0.25) is 0 Å². The Kier molecular flexibility index (Phi) is 5.71. The van der Waals surface area contributed by atoms with Crippen LogP contribution in [0.15, 0.2) is 84.6 Å². The highest BCUT2D eigenvalue weighted by Gasteiger charge is 2.40. The first-order valence-electron chi connectivity index (χ1n) is 9.94. The lowest BCUT2D eigenvalue weighted by molar-refractivity contribution is -0.120. The molecule has 3 aromatic carbocycles. The average Bonchev–Trinajstić information content (AvgIpc) is 3.05. The number of hydrogen-bond donors (Lipinski definition) is 1. The average molecular weight is 414 g/mol. The molecule has 0 spiro atoms. The lowest BCUT2D eigenvalue weighted by atomic mass is 10.0. The van der Waals surface area contributed by atoms with Gasteiger partial charge in [0, 0.05) is 5.69 Å². The van der Waals surface area contributed by atoms with Crippen LogP contribution in [0.4, 0.5) is 11.4 Å². The number of amides is 2. The third-order valence-electron chi connectivity index (χ3n) is 4.91. The Labute approximate surface area is 180 Å². The standard InChI is InChI=1S/C25H22N2O4/c1-3-31-21-15-11-19(12-16-21)27-24(28)22(17-7-5-4-6-8-17)23(25(27)29)26-18-9-13-20(30-2)14-10-18/h4-16,26H,3H2,1-2H3. The predicted molar refractivity (Wildman–Crippen MR) is 120 cm³/mol. The zero-order valence-corrected chi connectivity index (χ0v) is 17.3. The number of methoxy groups -OCH3 is 1. The van der Waals surface area contributed by atoms with E-state index in [9.17, 15) is 9.59 Å². The maximum atomic E-state index is 13.4. The van der Waals surface area contributed by atoms with E-state index in [1.807, 2.05) is 37.3 Å². The molecule has 156 valence electrons. The first-order valence-corrected chi connectivity index (χ1v) is 9.94. The van der Waals surface area contributed by atoms with Crippen LogP contribution < -0.4 is 19.7 Å². The van der Waals surface area contributed by atoms with Crippen LogP contribution >= 0.6 is 0 Å². The van der Waals surface area contributed by atoms with Crippen molar-refractivity contribution in [2.24, 2.45) is 0 Å². The van der Waals surface area contributed by atoms with Crippen molar-refractivity contribution in [2.45, 2.75) is 6.92 Å². The van der Waals surface area contributed by atoms with Gasteiger partial charge in [0.15, 0.2) is 0 Å². The van der Waals surface area contributed by atoms with Crippen molar-refractivity contribution < 1.29 is 19.1 Å². The number of carbonyl (C=O) groups excluding carboxylic acids is 2. The SMILES string of the molecule is CCOc1ccc(N2C(=O)C(Nc3ccc(OC)cc3)=C(c3ccccc3)C2=O)cc1. The minimum Gasteiger partial charge on any atom is -0.497 e. The molecule has 0 radical (unpaired) electrons. The summed E-state index contributed by atoms with van der Waals surface area (Å²) in [6.45, 7) is 2.44. The smallest absolute Gasteiger partial charge is 0.282 e. The van der Waals surface area contributed by atoms with Crippen molar-refractivity contribution in [3.8, 4) is 11.5 Å². The van der Waals surface area contributed by atoms with Crippen molar-refractivity contribution in [2.75, 3.05) is 23.9 Å². The molecule has 0 saturated heterocycles. The third kappa shape index (κ3) is 4.00. The normalized spacial score (nSPS) is 13.5. The lowest BCUT2D eigenvalue weighted by Crippen LogP contribution is -2.32. The molecule has 1 N–H and O–H groups in total. The number of carbonyl (C=O) groups is 2. The van der Waals surface area contributed by atoms with Gasteiger partial charge in [-0.05, 0) is 61.0 Å². The van der Waals surface area contributed by atoms with Gasteiger partial charge in [-0.15, -0.1) is 0 Å². The van der Waals surface area contributed by atoms with E-state index in [-0.39, 0.29) is 11.6 Å². The molecule has 6 nitrogen and oxygen atoms in total. The van der Waals surface area contributed by atoms with Crippen molar-refractivity contribution in [1.29, 1.82) is 0 Å². The summed E-state index contributed by atoms with van der Waals surface area (Å²) in [5.41, 5.74) is 2.40. The second-order valence-corrected chi connectivity index (χ2v) is 6.84. The van der Waals surface area contributed by atoms with Crippen molar-refractivity contribution >= 4 is 28.8 Å². The summed E-state index contributed by atoms with van der Waals surface area (Å²) in [5.74, 6) is 0.589. The Bertz CT molecular complexity index is 1120. The van der Waals surface area contributed by atoms with Crippen LogP contribution in [0, 0.1) is 0 Å². The van der Waals surface area contributed by atoms with Crippen molar-refractivity contribution in [3.63, 3.8) is 0 Å². The Balaban J connectivity index is 1.73. The van der Waals surface area contributed by atoms with Gasteiger partial charge in [0.05, 0.1) is 25.0 Å². The maximum Gasteiger partial charge on any atom is 0.282 e. The predicted octanol–water partition coefficient (Wildman–Crippen LogP) is 4.49. The molecule has 1 aliphatic rings. The Morgan fingerprint density at radius 1 is 0.806 bits per heavy atom. The van der Waals surface area contributed by atoms with Gasteiger partial charge in [-0.2, -0.15) is 0 Å². The molecule has 0 aliphatic carbocycles. The van der Waals surface area contributed by atoms with E-state index in [4.69, 9.17) is 9.47 Å². The van der Waals surface area contributed by atoms with Gasteiger partial charge in [0.25, 0.3) is 11.8 Å². The molecule has 0 saturated carbocycles. The molecule has 0 unspecified atom stereocenters. The molecule has 4 rings (SSSR count). The van der Waals surface area contributed by atoms with Gasteiger partial charge >= 0.3 is 0 Å². The first kappa shape index (κ1) is 20.2. The molecule has 0 aromatic heterocycles. The zero-order chi connectivity index (χ0) is 21.8. The number of benzene rings is 3. The number of nitrogens with one attached hydrogen (secondary N) is 1. The van der Waals surface area contributed by atoms with Crippen LogP contribution in [-0.2, 0) is 9.59 Å². The molecule has 31 heavy (non-hydrogen) atoms. The molecule has 0 fully saturated rings. The maximum absolute atomic E-state index is 13.4. The van der Waals surface area contributed by atoms with Crippen molar-refractivity contribution in [3.05, 3.63) is 90.1 Å². The first-order chi connectivity index (χ1) is 15.1. The van der Waals surface area contributed by atoms with Gasteiger partial charge in [-0.1, -0.05) is 30.3 Å². The van der Waals surface area contributed by atoms with Crippen LogP contribution in [0.3, 0.4) is 0 Å². The molecule has 1 heterocycles. The fourth-order valence-electron chi connectivity index (χ4n) is 3.43. The van der Waals surface area contributed by atoms with E-state index in [0.29, 0.717) is 40.6 Å². The van der Waals surface area contributed by atoms with Gasteiger partial charge in [0.1, 0.15) is 17.2 Å². The molecular formula is C25H22N2O4. The fourth-order valence-corrected chi connectivity index (χ4v) is 3.43. The number of ether oxygens (including phenoxy) is 2. The Morgan fingerprint density at radius 2 is 1.45 bits per heavy atom. The van der Waals surface area contributed by atoms with E-state index in [1.54, 1.807) is 55.6 Å². The number of anilines is 2. The second kappa shape index (κ2) is 8.75. The van der Waals surface area contributed by atoms with Gasteiger partial charge in [0.2, 0.25) is 0 Å². The fraction of sp³-hybridized carbons (Fsp3) is 0.120. The molecule has 0 atom stereocenters. The lowest BCUT2D eigenvalue weighted by Gasteiger charge is -2.16. The van der Waals surface area contributed by atoms with Crippen LogP contribution in [-0.4, -0.2) is 25.5 Å². The van der Waals surface area contributed by atoms with E-state index < -0.39 is 5.91 Å². The number of imide groups is 1. The number of rotatable bonds is 7. The Hall–Kier alpha value is -4.06. The summed E-state index contributed by atoms with van der Waals surface area (Å²) in [5, 5.41) is 3.14. The highest BCUT2D eigenvalue weighted by molar-refractivity contribution is 6.46.